The maximum atomic E-state index is 13.7. The number of aromatic amines is 1. The second kappa shape index (κ2) is 4.90. The second-order valence-electron chi connectivity index (χ2n) is 4.06. The summed E-state index contributed by atoms with van der Waals surface area (Å²) in [6.45, 7) is 0. The van der Waals surface area contributed by atoms with Gasteiger partial charge in [-0.3, -0.25) is 4.79 Å². The third-order valence-electron chi connectivity index (χ3n) is 2.83. The molecule has 4 heteroatoms. The maximum absolute atomic E-state index is 13.7. The lowest BCUT2D eigenvalue weighted by atomic mass is 10.2. The Balaban J connectivity index is 2.14. The Morgan fingerprint density at radius 1 is 0.895 bits per heavy atom. The van der Waals surface area contributed by atoms with Crippen molar-refractivity contribution in [2.45, 2.75) is 9.79 Å². The molecule has 2 nitrogen and oxygen atoms in total. The molecular formula is C15H10FNOS. The van der Waals surface area contributed by atoms with Crippen LogP contribution < -0.4 is 5.56 Å². The van der Waals surface area contributed by atoms with Crippen LogP contribution in [-0.2, 0) is 0 Å². The third-order valence-corrected chi connectivity index (χ3v) is 3.94. The van der Waals surface area contributed by atoms with Gasteiger partial charge in [-0.05, 0) is 18.2 Å². The summed E-state index contributed by atoms with van der Waals surface area (Å²) in [4.78, 5) is 15.8. The zero-order valence-electron chi connectivity index (χ0n) is 9.89. The van der Waals surface area contributed by atoms with Gasteiger partial charge < -0.3 is 4.98 Å². The molecule has 0 spiro atoms. The number of hydrogen-bond donors (Lipinski definition) is 1. The van der Waals surface area contributed by atoms with Crippen LogP contribution in [0.25, 0.3) is 10.8 Å². The third kappa shape index (κ3) is 2.27. The average Bonchev–Trinajstić information content (AvgIpc) is 2.44. The highest BCUT2D eigenvalue weighted by Gasteiger charge is 2.08. The van der Waals surface area contributed by atoms with E-state index in [1.807, 2.05) is 18.2 Å². The number of benzene rings is 2. The fourth-order valence-corrected chi connectivity index (χ4v) is 2.87. The molecule has 0 unspecified atom stereocenters. The summed E-state index contributed by atoms with van der Waals surface area (Å²) in [5.74, 6) is -0.261. The minimum atomic E-state index is -0.261. The van der Waals surface area contributed by atoms with Crippen LogP contribution in [-0.4, -0.2) is 4.98 Å². The van der Waals surface area contributed by atoms with Crippen LogP contribution in [0, 0.1) is 5.82 Å². The molecular weight excluding hydrogens is 261 g/mol. The highest BCUT2D eigenvalue weighted by molar-refractivity contribution is 7.99. The topological polar surface area (TPSA) is 32.9 Å². The number of hydrogen-bond acceptors (Lipinski definition) is 2. The quantitative estimate of drug-likeness (QED) is 0.768. The van der Waals surface area contributed by atoms with Gasteiger partial charge in [-0.1, -0.05) is 42.1 Å². The average molecular weight is 271 g/mol. The highest BCUT2D eigenvalue weighted by Crippen LogP contribution is 2.33. The van der Waals surface area contributed by atoms with E-state index in [-0.39, 0.29) is 11.4 Å². The van der Waals surface area contributed by atoms with Crippen LogP contribution in [0.3, 0.4) is 0 Å². The van der Waals surface area contributed by atoms with E-state index in [1.54, 1.807) is 30.5 Å². The number of nitrogens with one attached hydrogen (secondary N) is 1. The zero-order valence-corrected chi connectivity index (χ0v) is 10.7. The van der Waals surface area contributed by atoms with Crippen molar-refractivity contribution < 1.29 is 4.39 Å². The molecule has 3 aromatic rings. The predicted octanol–water partition coefficient (Wildman–Crippen LogP) is 3.82. The molecule has 0 bridgehead atoms. The van der Waals surface area contributed by atoms with E-state index in [2.05, 4.69) is 4.98 Å². The molecule has 1 aromatic heterocycles. The molecule has 0 fully saturated rings. The van der Waals surface area contributed by atoms with Crippen molar-refractivity contribution in [3.05, 3.63) is 70.9 Å². The minimum absolute atomic E-state index is 0.131. The van der Waals surface area contributed by atoms with Gasteiger partial charge in [0, 0.05) is 26.8 Å². The van der Waals surface area contributed by atoms with Crippen LogP contribution in [0.15, 0.2) is 69.3 Å². The Kier molecular flexibility index (Phi) is 3.09. The molecule has 0 aliphatic rings. The Bertz CT molecular complexity index is 797. The van der Waals surface area contributed by atoms with Gasteiger partial charge in [-0.2, -0.15) is 0 Å². The van der Waals surface area contributed by atoms with E-state index in [1.165, 1.54) is 17.8 Å². The van der Waals surface area contributed by atoms with E-state index in [0.717, 1.165) is 10.3 Å². The van der Waals surface area contributed by atoms with Crippen molar-refractivity contribution >= 4 is 22.5 Å². The van der Waals surface area contributed by atoms with E-state index in [0.29, 0.717) is 10.3 Å². The molecule has 1 N–H and O–H groups in total. The first-order valence-electron chi connectivity index (χ1n) is 5.78. The van der Waals surface area contributed by atoms with Crippen LogP contribution in [0.1, 0.15) is 0 Å². The lowest BCUT2D eigenvalue weighted by Crippen LogP contribution is -2.05. The molecule has 0 atom stereocenters. The number of fused-ring (bicyclic) bond motifs is 1. The lowest BCUT2D eigenvalue weighted by molar-refractivity contribution is 0.602. The Morgan fingerprint density at radius 2 is 1.58 bits per heavy atom. The summed E-state index contributed by atoms with van der Waals surface area (Å²) in [5, 5.41) is 1.45. The summed E-state index contributed by atoms with van der Waals surface area (Å²) < 4.78 is 13.7. The summed E-state index contributed by atoms with van der Waals surface area (Å²) in [6, 6.07) is 13.9. The van der Waals surface area contributed by atoms with Gasteiger partial charge in [0.05, 0.1) is 0 Å². The van der Waals surface area contributed by atoms with Crippen molar-refractivity contribution in [1.29, 1.82) is 0 Å². The first-order chi connectivity index (χ1) is 9.25. The number of aromatic nitrogens is 1. The molecule has 0 saturated carbocycles. The van der Waals surface area contributed by atoms with Gasteiger partial charge in [0.25, 0.3) is 5.56 Å². The predicted molar refractivity (Wildman–Crippen MR) is 75.1 cm³/mol. The molecule has 94 valence electrons. The van der Waals surface area contributed by atoms with Crippen molar-refractivity contribution in [2.75, 3.05) is 0 Å². The van der Waals surface area contributed by atoms with Gasteiger partial charge >= 0.3 is 0 Å². The molecule has 0 amide bonds. The first-order valence-corrected chi connectivity index (χ1v) is 6.60. The number of rotatable bonds is 2. The largest absolute Gasteiger partial charge is 0.327 e. The van der Waals surface area contributed by atoms with E-state index < -0.39 is 0 Å². The van der Waals surface area contributed by atoms with Crippen LogP contribution in [0.2, 0.25) is 0 Å². The summed E-state index contributed by atoms with van der Waals surface area (Å²) in [5.41, 5.74) is -0.131. The standard InChI is InChI=1S/C15H10FNOS/c16-12-7-3-4-8-13(12)19-14-9-17-15(18)11-6-2-1-5-10(11)14/h1-9H,(H,17,18). The number of pyridine rings is 1. The van der Waals surface area contributed by atoms with Gasteiger partial charge in [0.15, 0.2) is 0 Å². The van der Waals surface area contributed by atoms with Crippen LogP contribution in [0.5, 0.6) is 0 Å². The molecule has 3 rings (SSSR count). The van der Waals surface area contributed by atoms with E-state index in [4.69, 9.17) is 0 Å². The van der Waals surface area contributed by atoms with Crippen molar-refractivity contribution in [2.24, 2.45) is 0 Å². The highest BCUT2D eigenvalue weighted by atomic mass is 32.2. The van der Waals surface area contributed by atoms with Gasteiger partial charge in [0.2, 0.25) is 0 Å². The van der Waals surface area contributed by atoms with Crippen molar-refractivity contribution in [3.8, 4) is 0 Å². The monoisotopic (exact) mass is 271 g/mol. The lowest BCUT2D eigenvalue weighted by Gasteiger charge is -2.06. The summed E-state index contributed by atoms with van der Waals surface area (Å²) in [6.07, 6.45) is 1.63. The molecule has 0 aliphatic carbocycles. The fraction of sp³-hybridized carbons (Fsp3) is 0. The zero-order chi connectivity index (χ0) is 13.2. The SMILES string of the molecule is O=c1[nH]cc(Sc2ccccc2F)c2ccccc12. The van der Waals surface area contributed by atoms with Gasteiger partial charge in [-0.25, -0.2) is 4.39 Å². The molecule has 0 aliphatic heterocycles. The van der Waals surface area contributed by atoms with Crippen molar-refractivity contribution in [1.82, 2.24) is 4.98 Å². The van der Waals surface area contributed by atoms with Gasteiger partial charge in [0.1, 0.15) is 5.82 Å². The second-order valence-corrected chi connectivity index (χ2v) is 5.14. The minimum Gasteiger partial charge on any atom is -0.327 e. The number of halogens is 1. The maximum Gasteiger partial charge on any atom is 0.255 e. The summed E-state index contributed by atoms with van der Waals surface area (Å²) in [7, 11) is 0. The van der Waals surface area contributed by atoms with E-state index in [9.17, 15) is 9.18 Å². The molecule has 19 heavy (non-hydrogen) atoms. The van der Waals surface area contributed by atoms with E-state index >= 15 is 0 Å². The Labute approximate surface area is 113 Å². The smallest absolute Gasteiger partial charge is 0.255 e. The Morgan fingerprint density at radius 3 is 2.37 bits per heavy atom. The molecule has 1 heterocycles. The fourth-order valence-electron chi connectivity index (χ4n) is 1.91. The van der Waals surface area contributed by atoms with Crippen molar-refractivity contribution in [3.63, 3.8) is 0 Å². The van der Waals surface area contributed by atoms with Gasteiger partial charge in [-0.15, -0.1) is 0 Å². The normalized spacial score (nSPS) is 10.8. The Hall–Kier alpha value is -2.07. The first kappa shape index (κ1) is 12.0. The van der Waals surface area contributed by atoms with Crippen LogP contribution >= 0.6 is 11.8 Å². The molecule has 2 aromatic carbocycles. The van der Waals surface area contributed by atoms with Crippen LogP contribution in [0.4, 0.5) is 4.39 Å². The molecule has 0 radical (unpaired) electrons. The summed E-state index contributed by atoms with van der Waals surface area (Å²) >= 11 is 1.31. The molecule has 0 saturated heterocycles. The number of H-pyrrole nitrogens is 1.